The first kappa shape index (κ1) is 25.6. The first-order chi connectivity index (χ1) is 14.5. The summed E-state index contributed by atoms with van der Waals surface area (Å²) in [5.41, 5.74) is 2.41. The molecule has 0 unspecified atom stereocenters. The molecule has 1 heterocycles. The van der Waals surface area contributed by atoms with Crippen LogP contribution in [0.1, 0.15) is 45.7 Å². The van der Waals surface area contributed by atoms with Crippen molar-refractivity contribution >= 4 is 77.0 Å². The molecule has 0 saturated carbocycles. The summed E-state index contributed by atoms with van der Waals surface area (Å²) in [5.74, 6) is -0.125. The van der Waals surface area contributed by atoms with Crippen molar-refractivity contribution in [2.45, 2.75) is 40.2 Å². The molecule has 3 rings (SSSR count). The number of carbonyl (C=O) groups is 2. The average Bonchev–Trinajstić information content (AvgIpc) is 2.96. The highest BCUT2D eigenvalue weighted by Crippen LogP contribution is 2.38. The summed E-state index contributed by atoms with van der Waals surface area (Å²) in [5, 5.41) is 2.86. The van der Waals surface area contributed by atoms with Crippen LogP contribution in [0.3, 0.4) is 0 Å². The number of benzene rings is 2. The second-order valence-electron chi connectivity index (χ2n) is 7.39. The number of hydrogen-bond acceptors (Lipinski definition) is 4. The van der Waals surface area contributed by atoms with E-state index in [0.717, 1.165) is 21.3 Å². The molecule has 166 valence electrons. The number of ether oxygens (including phenoxy) is 2. The lowest BCUT2D eigenvalue weighted by Gasteiger charge is -2.20. The van der Waals surface area contributed by atoms with E-state index in [1.165, 1.54) is 0 Å². The number of esters is 1. The van der Waals surface area contributed by atoms with Crippen molar-refractivity contribution in [2.24, 2.45) is 0 Å². The summed E-state index contributed by atoms with van der Waals surface area (Å²) >= 11 is 10.4. The number of nitrogens with one attached hydrogen (secondary N) is 1. The van der Waals surface area contributed by atoms with Gasteiger partial charge in [-0.3, -0.25) is 4.79 Å². The SMILES string of the molecule is CC.CC(C)(C)OC(=O)COc1c(Br)cc(/C=C2\C(=O)Nc3ccc(Br)cc32)cc1Br. The van der Waals surface area contributed by atoms with Gasteiger partial charge in [0.25, 0.3) is 5.91 Å². The maximum absolute atomic E-state index is 12.4. The highest BCUT2D eigenvalue weighted by atomic mass is 79.9. The van der Waals surface area contributed by atoms with Gasteiger partial charge in [-0.25, -0.2) is 4.79 Å². The van der Waals surface area contributed by atoms with Crippen molar-refractivity contribution in [2.75, 3.05) is 11.9 Å². The molecule has 0 atom stereocenters. The van der Waals surface area contributed by atoms with Gasteiger partial charge in [0.2, 0.25) is 0 Å². The van der Waals surface area contributed by atoms with Gasteiger partial charge in [-0.1, -0.05) is 29.8 Å². The number of hydrogen-bond donors (Lipinski definition) is 1. The average molecular weight is 618 g/mol. The van der Waals surface area contributed by atoms with E-state index in [0.29, 0.717) is 20.3 Å². The molecule has 0 spiro atoms. The summed E-state index contributed by atoms with van der Waals surface area (Å²) in [4.78, 5) is 24.3. The van der Waals surface area contributed by atoms with Gasteiger partial charge in [0.05, 0.1) is 8.95 Å². The van der Waals surface area contributed by atoms with Gasteiger partial charge in [-0.2, -0.15) is 0 Å². The number of fused-ring (bicyclic) bond motifs is 1. The van der Waals surface area contributed by atoms with Crippen LogP contribution in [0.25, 0.3) is 11.6 Å². The van der Waals surface area contributed by atoms with Gasteiger partial charge in [-0.05, 0) is 94.6 Å². The van der Waals surface area contributed by atoms with Crippen molar-refractivity contribution in [3.05, 3.63) is 54.9 Å². The summed E-state index contributed by atoms with van der Waals surface area (Å²) in [7, 11) is 0. The Bertz CT molecular complexity index is 1000. The molecule has 1 aliphatic heterocycles. The van der Waals surface area contributed by atoms with Gasteiger partial charge in [0.1, 0.15) is 11.4 Å². The van der Waals surface area contributed by atoms with E-state index in [9.17, 15) is 9.59 Å². The Morgan fingerprint density at radius 1 is 1.06 bits per heavy atom. The Labute approximate surface area is 208 Å². The zero-order valence-corrected chi connectivity index (χ0v) is 22.7. The molecule has 0 bridgehead atoms. The topological polar surface area (TPSA) is 64.6 Å². The summed E-state index contributed by atoms with van der Waals surface area (Å²) in [6.07, 6.45) is 1.81. The van der Waals surface area contributed by atoms with Crippen LogP contribution >= 0.6 is 47.8 Å². The van der Waals surface area contributed by atoms with Crippen LogP contribution in [0.15, 0.2) is 43.7 Å². The smallest absolute Gasteiger partial charge is 0.344 e. The van der Waals surface area contributed by atoms with Gasteiger partial charge in [-0.15, -0.1) is 0 Å². The molecular formula is C23H24Br3NO4. The zero-order chi connectivity index (χ0) is 23.3. The van der Waals surface area contributed by atoms with Crippen molar-refractivity contribution < 1.29 is 19.1 Å². The molecule has 0 aliphatic carbocycles. The third kappa shape index (κ3) is 6.92. The maximum atomic E-state index is 12.4. The lowest BCUT2D eigenvalue weighted by atomic mass is 10.0. The van der Waals surface area contributed by atoms with Crippen molar-refractivity contribution in [1.29, 1.82) is 0 Å². The van der Waals surface area contributed by atoms with Crippen molar-refractivity contribution in [3.63, 3.8) is 0 Å². The quantitative estimate of drug-likeness (QED) is 0.291. The molecule has 0 saturated heterocycles. The molecule has 0 aromatic heterocycles. The molecule has 31 heavy (non-hydrogen) atoms. The molecule has 2 aromatic rings. The second-order valence-corrected chi connectivity index (χ2v) is 10.0. The molecular weight excluding hydrogens is 594 g/mol. The zero-order valence-electron chi connectivity index (χ0n) is 17.9. The monoisotopic (exact) mass is 615 g/mol. The Balaban J connectivity index is 0.00000166. The number of halogens is 3. The van der Waals surface area contributed by atoms with E-state index in [1.54, 1.807) is 26.8 Å². The van der Waals surface area contributed by atoms with Crippen LogP contribution in [-0.4, -0.2) is 24.1 Å². The van der Waals surface area contributed by atoms with Gasteiger partial charge in [0.15, 0.2) is 6.61 Å². The van der Waals surface area contributed by atoms with Gasteiger partial charge < -0.3 is 14.8 Å². The largest absolute Gasteiger partial charge is 0.480 e. The molecule has 0 radical (unpaired) electrons. The first-order valence-corrected chi connectivity index (χ1v) is 12.1. The Hall–Kier alpha value is -1.64. The minimum atomic E-state index is -0.571. The predicted octanol–water partition coefficient (Wildman–Crippen LogP) is 7.21. The van der Waals surface area contributed by atoms with Crippen LogP contribution in [0, 0.1) is 0 Å². The number of amides is 1. The molecule has 1 N–H and O–H groups in total. The fourth-order valence-electron chi connectivity index (χ4n) is 2.77. The predicted molar refractivity (Wildman–Crippen MR) is 135 cm³/mol. The molecule has 8 heteroatoms. The molecule has 1 aliphatic rings. The Morgan fingerprint density at radius 2 is 1.68 bits per heavy atom. The first-order valence-electron chi connectivity index (χ1n) is 9.70. The van der Waals surface area contributed by atoms with E-state index in [2.05, 4.69) is 53.1 Å². The van der Waals surface area contributed by atoms with E-state index in [-0.39, 0.29) is 12.5 Å². The Kier molecular flexibility index (Phi) is 8.92. The van der Waals surface area contributed by atoms with Crippen LogP contribution in [0.4, 0.5) is 5.69 Å². The van der Waals surface area contributed by atoms with Crippen molar-refractivity contribution in [3.8, 4) is 5.75 Å². The maximum Gasteiger partial charge on any atom is 0.344 e. The third-order valence-electron chi connectivity index (χ3n) is 3.85. The lowest BCUT2D eigenvalue weighted by molar-refractivity contribution is -0.157. The van der Waals surface area contributed by atoms with Gasteiger partial charge in [0, 0.05) is 21.3 Å². The highest BCUT2D eigenvalue weighted by molar-refractivity contribution is 9.11. The molecule has 1 amide bonds. The van der Waals surface area contributed by atoms with Crippen LogP contribution in [-0.2, 0) is 14.3 Å². The normalized spacial score (nSPS) is 13.8. The summed E-state index contributed by atoms with van der Waals surface area (Å²) in [6, 6.07) is 9.29. The molecule has 2 aromatic carbocycles. The van der Waals surface area contributed by atoms with E-state index >= 15 is 0 Å². The van der Waals surface area contributed by atoms with E-state index in [1.807, 2.05) is 44.2 Å². The number of carbonyl (C=O) groups excluding carboxylic acids is 2. The van der Waals surface area contributed by atoms with Crippen LogP contribution in [0.5, 0.6) is 5.75 Å². The fourth-order valence-corrected chi connectivity index (χ4v) is 4.58. The Morgan fingerprint density at radius 3 is 2.26 bits per heavy atom. The highest BCUT2D eigenvalue weighted by Gasteiger charge is 2.24. The minimum Gasteiger partial charge on any atom is -0.480 e. The third-order valence-corrected chi connectivity index (χ3v) is 5.52. The second kappa shape index (κ2) is 10.8. The standard InChI is InChI=1S/C21H18Br3NO4.C2H6/c1-21(2,3)29-18(26)10-28-19-15(23)7-11(8-16(19)24)6-14-13-9-12(22)4-5-17(13)25-20(14)27;1-2/h4-9H,10H2,1-3H3,(H,25,27);1-2H3/b14-6-;. The van der Waals surface area contributed by atoms with Crippen molar-refractivity contribution in [1.82, 2.24) is 0 Å². The minimum absolute atomic E-state index is 0.157. The van der Waals surface area contributed by atoms with Crippen LogP contribution < -0.4 is 10.1 Å². The van der Waals surface area contributed by atoms with Crippen LogP contribution in [0.2, 0.25) is 0 Å². The van der Waals surface area contributed by atoms with E-state index in [4.69, 9.17) is 9.47 Å². The molecule has 5 nitrogen and oxygen atoms in total. The summed E-state index contributed by atoms with van der Waals surface area (Å²) < 4.78 is 13.1. The van der Waals surface area contributed by atoms with Gasteiger partial charge >= 0.3 is 5.97 Å². The lowest BCUT2D eigenvalue weighted by Crippen LogP contribution is -2.27. The number of anilines is 1. The van der Waals surface area contributed by atoms with E-state index < -0.39 is 11.6 Å². The summed E-state index contributed by atoms with van der Waals surface area (Å²) in [6.45, 7) is 9.19. The molecule has 0 fully saturated rings. The fraction of sp³-hybridized carbons (Fsp3) is 0.304. The number of rotatable bonds is 4.